The fourth-order valence-electron chi connectivity index (χ4n) is 3.37. The molecule has 2 amide bonds. The summed E-state index contributed by atoms with van der Waals surface area (Å²) < 4.78 is 30.6. The van der Waals surface area contributed by atoms with Crippen molar-refractivity contribution in [3.05, 3.63) is 48.5 Å². The molecule has 8 heteroatoms. The Morgan fingerprint density at radius 3 is 2.55 bits per heavy atom. The fraction of sp³-hybridized carbons (Fsp3) is 0.391. The van der Waals surface area contributed by atoms with Gasteiger partial charge in [0, 0.05) is 24.7 Å². The number of carbonyl (C=O) groups is 2. The Bertz CT molecular complexity index is 1060. The zero-order valence-corrected chi connectivity index (χ0v) is 18.9. The minimum atomic E-state index is -3.53. The smallest absolute Gasteiger partial charge is 0.236 e. The van der Waals surface area contributed by atoms with Crippen LogP contribution in [0.1, 0.15) is 33.6 Å². The van der Waals surface area contributed by atoms with Gasteiger partial charge in [-0.1, -0.05) is 25.1 Å². The number of anilines is 2. The molecule has 0 unspecified atom stereocenters. The van der Waals surface area contributed by atoms with Crippen LogP contribution in [-0.2, 0) is 19.4 Å². The highest BCUT2D eigenvalue weighted by Gasteiger charge is 2.37. The molecule has 0 fully saturated rings. The molecule has 2 aromatic rings. The second kappa shape index (κ2) is 9.09. The van der Waals surface area contributed by atoms with Gasteiger partial charge in [0.25, 0.3) is 0 Å². The third kappa shape index (κ3) is 5.25. The minimum absolute atomic E-state index is 0.00370. The number of nitrogens with zero attached hydrogens (tertiary/aromatic N) is 1. The lowest BCUT2D eigenvalue weighted by Crippen LogP contribution is -2.42. The van der Waals surface area contributed by atoms with E-state index in [1.165, 1.54) is 12.1 Å². The third-order valence-corrected chi connectivity index (χ3v) is 6.83. The largest absolute Gasteiger partial charge is 0.490 e. The summed E-state index contributed by atoms with van der Waals surface area (Å²) in [4.78, 5) is 27.2. The van der Waals surface area contributed by atoms with Gasteiger partial charge in [0.05, 0.1) is 21.8 Å². The van der Waals surface area contributed by atoms with Gasteiger partial charge in [-0.05, 0) is 44.5 Å². The Kier molecular flexibility index (Phi) is 6.69. The summed E-state index contributed by atoms with van der Waals surface area (Å²) in [6, 6.07) is 13.2. The van der Waals surface area contributed by atoms with E-state index < -0.39 is 21.2 Å². The zero-order chi connectivity index (χ0) is 22.6. The molecule has 0 spiro atoms. The lowest BCUT2D eigenvalue weighted by Gasteiger charge is -2.27. The normalized spacial score (nSPS) is 15.6. The summed E-state index contributed by atoms with van der Waals surface area (Å²) in [5, 5.41) is 2.73. The second-order valence-corrected chi connectivity index (χ2v) is 10.4. The molecule has 0 aromatic heterocycles. The molecule has 0 saturated carbocycles. The Balaban J connectivity index is 1.72. The van der Waals surface area contributed by atoms with Crippen molar-refractivity contribution >= 4 is 33.0 Å². The maximum absolute atomic E-state index is 12.9. The number of amides is 2. The summed E-state index contributed by atoms with van der Waals surface area (Å²) in [6.07, 6.45) is 0.637. The number of rotatable bonds is 7. The van der Waals surface area contributed by atoms with Crippen molar-refractivity contribution in [2.75, 3.05) is 29.1 Å². The van der Waals surface area contributed by atoms with Crippen molar-refractivity contribution in [2.45, 2.75) is 38.5 Å². The van der Waals surface area contributed by atoms with Crippen molar-refractivity contribution in [3.8, 4) is 5.75 Å². The van der Waals surface area contributed by atoms with Crippen LogP contribution < -0.4 is 15.0 Å². The van der Waals surface area contributed by atoms with Crippen LogP contribution in [0.4, 0.5) is 11.4 Å². The van der Waals surface area contributed by atoms with Gasteiger partial charge in [0.2, 0.25) is 11.8 Å². The molecule has 1 aliphatic heterocycles. The molecule has 7 nitrogen and oxygen atoms in total. The third-order valence-electron chi connectivity index (χ3n) is 5.09. The molecular weight excluding hydrogens is 416 g/mol. The molecule has 1 N–H and O–H groups in total. The van der Waals surface area contributed by atoms with Gasteiger partial charge in [-0.3, -0.25) is 9.59 Å². The first-order chi connectivity index (χ1) is 14.6. The molecular formula is C23H28N2O5S. The van der Waals surface area contributed by atoms with Crippen LogP contribution in [0.15, 0.2) is 53.4 Å². The monoisotopic (exact) mass is 444 g/mol. The molecule has 1 aliphatic rings. The van der Waals surface area contributed by atoms with E-state index in [-0.39, 0.29) is 29.6 Å². The zero-order valence-electron chi connectivity index (χ0n) is 18.1. The van der Waals surface area contributed by atoms with Gasteiger partial charge in [-0.25, -0.2) is 8.42 Å². The Hall–Kier alpha value is -2.87. The Morgan fingerprint density at radius 1 is 1.16 bits per heavy atom. The first-order valence-electron chi connectivity index (χ1n) is 10.3. The maximum Gasteiger partial charge on any atom is 0.236 e. The molecule has 3 rings (SSSR count). The topological polar surface area (TPSA) is 92.8 Å². The maximum atomic E-state index is 12.9. The highest BCUT2D eigenvalue weighted by atomic mass is 32.2. The van der Waals surface area contributed by atoms with Crippen LogP contribution >= 0.6 is 0 Å². The van der Waals surface area contributed by atoms with E-state index in [2.05, 4.69) is 5.32 Å². The van der Waals surface area contributed by atoms with E-state index in [0.717, 1.165) is 6.42 Å². The molecule has 0 radical (unpaired) electrons. The summed E-state index contributed by atoms with van der Waals surface area (Å²) in [7, 11) is -3.53. The minimum Gasteiger partial charge on any atom is -0.490 e. The Labute approximate surface area is 183 Å². The van der Waals surface area contributed by atoms with Crippen LogP contribution in [0.5, 0.6) is 5.75 Å². The van der Waals surface area contributed by atoms with Crippen LogP contribution in [0.2, 0.25) is 0 Å². The summed E-state index contributed by atoms with van der Waals surface area (Å²) in [5.41, 5.74) is 0.496. The standard InChI is InChI=1S/C23H28N2O5S/c1-4-13-25-19-11-10-17(15-20(19)30-16-23(2,3)22(25)27)24-21(26)12-14-31(28,29)18-8-6-5-7-9-18/h5-11,15H,4,12-14,16H2,1-3H3,(H,24,26). The number of sulfone groups is 1. The fourth-order valence-corrected chi connectivity index (χ4v) is 4.63. The van der Waals surface area contributed by atoms with Crippen molar-refractivity contribution in [2.24, 2.45) is 5.41 Å². The molecule has 0 bridgehead atoms. The summed E-state index contributed by atoms with van der Waals surface area (Å²) in [5.74, 6) is -0.176. The first kappa shape index (κ1) is 22.8. The number of benzene rings is 2. The quantitative estimate of drug-likeness (QED) is 0.704. The molecule has 0 atom stereocenters. The van der Waals surface area contributed by atoms with Crippen LogP contribution in [-0.4, -0.2) is 39.1 Å². The average molecular weight is 445 g/mol. The van der Waals surface area contributed by atoms with Crippen LogP contribution in [0, 0.1) is 5.41 Å². The number of hydrogen-bond acceptors (Lipinski definition) is 5. The molecule has 31 heavy (non-hydrogen) atoms. The van der Waals surface area contributed by atoms with Crippen molar-refractivity contribution < 1.29 is 22.7 Å². The van der Waals surface area contributed by atoms with Gasteiger partial charge in [0.15, 0.2) is 9.84 Å². The predicted octanol–water partition coefficient (Wildman–Crippen LogP) is 3.65. The first-order valence-corrected chi connectivity index (χ1v) is 12.0. The van der Waals surface area contributed by atoms with Crippen molar-refractivity contribution in [1.29, 1.82) is 0 Å². The highest BCUT2D eigenvalue weighted by molar-refractivity contribution is 7.91. The number of carbonyl (C=O) groups excluding carboxylic acids is 2. The summed E-state index contributed by atoms with van der Waals surface area (Å²) in [6.45, 7) is 6.50. The average Bonchev–Trinajstić information content (AvgIpc) is 2.83. The van der Waals surface area contributed by atoms with Crippen LogP contribution in [0.3, 0.4) is 0 Å². The molecule has 166 valence electrons. The predicted molar refractivity (Wildman–Crippen MR) is 120 cm³/mol. The molecule has 2 aromatic carbocycles. The number of ether oxygens (including phenoxy) is 1. The number of hydrogen-bond donors (Lipinski definition) is 1. The van der Waals surface area contributed by atoms with E-state index in [1.807, 2.05) is 20.8 Å². The van der Waals surface area contributed by atoms with E-state index in [0.29, 0.717) is 23.7 Å². The van der Waals surface area contributed by atoms with Gasteiger partial charge in [0.1, 0.15) is 12.4 Å². The van der Waals surface area contributed by atoms with E-state index in [9.17, 15) is 18.0 Å². The lowest BCUT2D eigenvalue weighted by molar-refractivity contribution is -0.127. The molecule has 1 heterocycles. The van der Waals surface area contributed by atoms with Crippen LogP contribution in [0.25, 0.3) is 0 Å². The SMILES string of the molecule is CCCN1C(=O)C(C)(C)COc2cc(NC(=O)CCS(=O)(=O)c3ccccc3)ccc21. The Morgan fingerprint density at radius 2 is 1.87 bits per heavy atom. The van der Waals surface area contributed by atoms with Gasteiger partial charge < -0.3 is 15.0 Å². The van der Waals surface area contributed by atoms with Crippen molar-refractivity contribution in [3.63, 3.8) is 0 Å². The molecule has 0 aliphatic carbocycles. The van der Waals surface area contributed by atoms with E-state index >= 15 is 0 Å². The van der Waals surface area contributed by atoms with E-state index in [1.54, 1.807) is 41.3 Å². The highest BCUT2D eigenvalue weighted by Crippen LogP contribution is 2.38. The van der Waals surface area contributed by atoms with Gasteiger partial charge in [-0.15, -0.1) is 0 Å². The van der Waals surface area contributed by atoms with Gasteiger partial charge >= 0.3 is 0 Å². The number of nitrogens with one attached hydrogen (secondary N) is 1. The van der Waals surface area contributed by atoms with Gasteiger partial charge in [-0.2, -0.15) is 0 Å². The lowest BCUT2D eigenvalue weighted by atomic mass is 9.93. The second-order valence-electron chi connectivity index (χ2n) is 8.24. The number of fused-ring (bicyclic) bond motifs is 1. The van der Waals surface area contributed by atoms with E-state index in [4.69, 9.17) is 4.74 Å². The summed E-state index contributed by atoms with van der Waals surface area (Å²) >= 11 is 0. The van der Waals surface area contributed by atoms with Crippen molar-refractivity contribution in [1.82, 2.24) is 0 Å². The molecule has 0 saturated heterocycles.